The summed E-state index contributed by atoms with van der Waals surface area (Å²) in [4.78, 5) is 23.1. The van der Waals surface area contributed by atoms with Gasteiger partial charge >= 0.3 is 11.9 Å². The normalized spacial score (nSPS) is 11.0. The third-order valence-corrected chi connectivity index (χ3v) is 4.03. The monoisotopic (exact) mass is 300 g/mol. The van der Waals surface area contributed by atoms with Gasteiger partial charge in [0.2, 0.25) is 0 Å². The van der Waals surface area contributed by atoms with E-state index in [0.717, 1.165) is 25.7 Å². The van der Waals surface area contributed by atoms with Gasteiger partial charge in [0.05, 0.1) is 13.2 Å². The summed E-state index contributed by atoms with van der Waals surface area (Å²) in [5.74, 6) is 0.460. The van der Waals surface area contributed by atoms with Crippen molar-refractivity contribution in [3.05, 3.63) is 0 Å². The van der Waals surface area contributed by atoms with Gasteiger partial charge in [-0.3, -0.25) is 9.59 Å². The predicted molar refractivity (Wildman–Crippen MR) is 83.9 cm³/mol. The van der Waals surface area contributed by atoms with Gasteiger partial charge < -0.3 is 9.47 Å². The van der Waals surface area contributed by atoms with Gasteiger partial charge in [-0.25, -0.2) is 0 Å². The fourth-order valence-electron chi connectivity index (χ4n) is 1.99. The molecule has 4 heteroatoms. The lowest BCUT2D eigenvalue weighted by Crippen LogP contribution is -2.15. The maximum atomic E-state index is 11.5. The van der Waals surface area contributed by atoms with E-state index in [1.165, 1.54) is 0 Å². The molecule has 0 amide bonds. The number of carbonyl (C=O) groups is 2. The van der Waals surface area contributed by atoms with E-state index in [4.69, 9.17) is 9.47 Å². The topological polar surface area (TPSA) is 52.6 Å². The van der Waals surface area contributed by atoms with Crippen LogP contribution in [0, 0.1) is 11.8 Å². The molecule has 0 fully saturated rings. The van der Waals surface area contributed by atoms with Crippen LogP contribution in [0.4, 0.5) is 0 Å². The number of esters is 2. The SMILES string of the molecule is CCC(CC)COC(=O)CCCC(=O)OCC(CC)CC. The lowest BCUT2D eigenvalue weighted by molar-refractivity contribution is -0.147. The quantitative estimate of drug-likeness (QED) is 0.509. The summed E-state index contributed by atoms with van der Waals surface area (Å²) in [7, 11) is 0. The van der Waals surface area contributed by atoms with Crippen molar-refractivity contribution in [3.63, 3.8) is 0 Å². The fourth-order valence-corrected chi connectivity index (χ4v) is 1.99. The van der Waals surface area contributed by atoms with Crippen LogP contribution < -0.4 is 0 Å². The molecule has 0 rings (SSSR count). The minimum atomic E-state index is -0.213. The maximum absolute atomic E-state index is 11.5. The summed E-state index contributed by atoms with van der Waals surface area (Å²) in [6, 6.07) is 0. The summed E-state index contributed by atoms with van der Waals surface area (Å²) in [5.41, 5.74) is 0. The first-order valence-electron chi connectivity index (χ1n) is 8.38. The van der Waals surface area contributed by atoms with Crippen LogP contribution in [-0.4, -0.2) is 25.2 Å². The minimum absolute atomic E-state index is 0.213. The summed E-state index contributed by atoms with van der Waals surface area (Å²) < 4.78 is 10.4. The molecule has 0 atom stereocenters. The Morgan fingerprint density at radius 3 is 1.33 bits per heavy atom. The molecule has 0 radical (unpaired) electrons. The predicted octanol–water partition coefficient (Wildman–Crippen LogP) is 4.12. The summed E-state index contributed by atoms with van der Waals surface area (Å²) in [6.07, 6.45) is 5.17. The average Bonchev–Trinajstić information content (AvgIpc) is 2.49. The van der Waals surface area contributed by atoms with Crippen molar-refractivity contribution >= 4 is 11.9 Å². The Kier molecular flexibility index (Phi) is 12.0. The number of rotatable bonds is 12. The second kappa shape index (κ2) is 12.7. The first kappa shape index (κ1) is 19.9. The van der Waals surface area contributed by atoms with Crippen molar-refractivity contribution < 1.29 is 19.1 Å². The molecule has 0 aromatic carbocycles. The molecule has 0 unspecified atom stereocenters. The molecular formula is C17H32O4. The molecule has 0 saturated carbocycles. The van der Waals surface area contributed by atoms with E-state index in [1.54, 1.807) is 0 Å². The van der Waals surface area contributed by atoms with Crippen LogP contribution in [0.15, 0.2) is 0 Å². The van der Waals surface area contributed by atoms with Gasteiger partial charge in [0, 0.05) is 12.8 Å². The zero-order valence-corrected chi connectivity index (χ0v) is 14.2. The molecule has 0 aliphatic rings. The van der Waals surface area contributed by atoms with Crippen molar-refractivity contribution in [1.29, 1.82) is 0 Å². The van der Waals surface area contributed by atoms with Gasteiger partial charge in [0.25, 0.3) is 0 Å². The zero-order valence-electron chi connectivity index (χ0n) is 14.2. The Hall–Kier alpha value is -1.06. The van der Waals surface area contributed by atoms with Gasteiger partial charge in [0.15, 0.2) is 0 Å². The van der Waals surface area contributed by atoms with Gasteiger partial charge in [-0.1, -0.05) is 53.4 Å². The molecule has 21 heavy (non-hydrogen) atoms. The third kappa shape index (κ3) is 10.3. The Bertz CT molecular complexity index is 253. The lowest BCUT2D eigenvalue weighted by Gasteiger charge is -2.13. The number of hydrogen-bond donors (Lipinski definition) is 0. The van der Waals surface area contributed by atoms with Gasteiger partial charge in [-0.15, -0.1) is 0 Å². The molecule has 0 saturated heterocycles. The van der Waals surface area contributed by atoms with Crippen LogP contribution in [-0.2, 0) is 19.1 Å². The molecule has 0 bridgehead atoms. The third-order valence-electron chi connectivity index (χ3n) is 4.03. The number of hydrogen-bond acceptors (Lipinski definition) is 4. The van der Waals surface area contributed by atoms with Crippen LogP contribution >= 0.6 is 0 Å². The van der Waals surface area contributed by atoms with Crippen LogP contribution in [0.3, 0.4) is 0 Å². The second-order valence-electron chi connectivity index (χ2n) is 5.58. The molecule has 4 nitrogen and oxygen atoms in total. The van der Waals surface area contributed by atoms with Crippen molar-refractivity contribution in [2.24, 2.45) is 11.8 Å². The zero-order chi connectivity index (χ0) is 16.1. The molecule has 0 aromatic rings. The highest BCUT2D eigenvalue weighted by atomic mass is 16.5. The molecule has 0 aliphatic carbocycles. The van der Waals surface area contributed by atoms with E-state index in [2.05, 4.69) is 27.7 Å². The highest BCUT2D eigenvalue weighted by Crippen LogP contribution is 2.10. The van der Waals surface area contributed by atoms with E-state index < -0.39 is 0 Å². The lowest BCUT2D eigenvalue weighted by atomic mass is 10.1. The van der Waals surface area contributed by atoms with E-state index in [1.807, 2.05) is 0 Å². The highest BCUT2D eigenvalue weighted by molar-refractivity contribution is 5.72. The van der Waals surface area contributed by atoms with Crippen molar-refractivity contribution in [2.45, 2.75) is 72.6 Å². The summed E-state index contributed by atoms with van der Waals surface area (Å²) >= 11 is 0. The van der Waals surface area contributed by atoms with E-state index >= 15 is 0 Å². The smallest absolute Gasteiger partial charge is 0.305 e. The highest BCUT2D eigenvalue weighted by Gasteiger charge is 2.11. The van der Waals surface area contributed by atoms with Crippen LogP contribution in [0.25, 0.3) is 0 Å². The Labute approximate surface area is 129 Å². The molecule has 0 heterocycles. The average molecular weight is 300 g/mol. The van der Waals surface area contributed by atoms with E-state index in [9.17, 15) is 9.59 Å². The number of carbonyl (C=O) groups excluding carboxylic acids is 2. The van der Waals surface area contributed by atoms with Crippen LogP contribution in [0.1, 0.15) is 72.6 Å². The molecular weight excluding hydrogens is 268 g/mol. The molecule has 0 aliphatic heterocycles. The standard InChI is InChI=1S/C17H32O4/c1-5-14(6-2)12-20-16(18)10-9-11-17(19)21-13-15(7-3)8-4/h14-15H,5-13H2,1-4H3. The van der Waals surface area contributed by atoms with Crippen molar-refractivity contribution in [1.82, 2.24) is 0 Å². The van der Waals surface area contributed by atoms with Crippen LogP contribution in [0.2, 0.25) is 0 Å². The number of ether oxygens (including phenoxy) is 2. The molecule has 0 N–H and O–H groups in total. The minimum Gasteiger partial charge on any atom is -0.465 e. The van der Waals surface area contributed by atoms with Gasteiger partial charge in [-0.05, 0) is 18.3 Å². The van der Waals surface area contributed by atoms with Crippen molar-refractivity contribution in [3.8, 4) is 0 Å². The summed E-state index contributed by atoms with van der Waals surface area (Å²) in [5, 5.41) is 0. The van der Waals surface area contributed by atoms with E-state index in [-0.39, 0.29) is 11.9 Å². The molecule has 124 valence electrons. The fraction of sp³-hybridized carbons (Fsp3) is 0.882. The van der Waals surface area contributed by atoms with Crippen molar-refractivity contribution in [2.75, 3.05) is 13.2 Å². The van der Waals surface area contributed by atoms with E-state index in [0.29, 0.717) is 44.3 Å². The Morgan fingerprint density at radius 1 is 0.714 bits per heavy atom. The van der Waals surface area contributed by atoms with Crippen LogP contribution in [0.5, 0.6) is 0 Å². The first-order valence-corrected chi connectivity index (χ1v) is 8.38. The van der Waals surface area contributed by atoms with Gasteiger partial charge in [-0.2, -0.15) is 0 Å². The largest absolute Gasteiger partial charge is 0.465 e. The first-order chi connectivity index (χ1) is 10.1. The molecule has 0 aromatic heterocycles. The maximum Gasteiger partial charge on any atom is 0.305 e. The van der Waals surface area contributed by atoms with Gasteiger partial charge in [0.1, 0.15) is 0 Å². The molecule has 0 spiro atoms. The second-order valence-corrected chi connectivity index (χ2v) is 5.58. The summed E-state index contributed by atoms with van der Waals surface area (Å²) in [6.45, 7) is 9.36. The Morgan fingerprint density at radius 2 is 1.05 bits per heavy atom. The Balaban J connectivity index is 3.68.